The third-order valence-corrected chi connectivity index (χ3v) is 5.19. The van der Waals surface area contributed by atoms with Crippen molar-refractivity contribution in [1.29, 1.82) is 0 Å². The Balaban J connectivity index is 1.48. The molecular weight excluding hydrogens is 360 g/mol. The van der Waals surface area contributed by atoms with E-state index in [1.54, 1.807) is 6.33 Å². The van der Waals surface area contributed by atoms with E-state index in [1.165, 1.54) is 11.1 Å². The monoisotopic (exact) mass is 382 g/mol. The van der Waals surface area contributed by atoms with Crippen molar-refractivity contribution in [3.8, 4) is 0 Å². The molecule has 6 heteroatoms. The number of hydrogen-bond donors (Lipinski definition) is 1. The normalized spacial score (nSPS) is 11.6. The quantitative estimate of drug-likeness (QED) is 0.465. The molecule has 0 amide bonds. The summed E-state index contributed by atoms with van der Waals surface area (Å²) >= 11 is 0. The van der Waals surface area contributed by atoms with Gasteiger partial charge < -0.3 is 5.32 Å². The fourth-order valence-corrected chi connectivity index (χ4v) is 3.72. The van der Waals surface area contributed by atoms with Crippen molar-refractivity contribution in [3.63, 3.8) is 0 Å². The predicted octanol–water partition coefficient (Wildman–Crippen LogP) is 4.99. The van der Waals surface area contributed by atoms with E-state index in [0.717, 1.165) is 34.5 Å². The second kappa shape index (κ2) is 7.05. The van der Waals surface area contributed by atoms with E-state index >= 15 is 0 Å². The molecule has 5 rings (SSSR count). The largest absolute Gasteiger partial charge is 0.338 e. The number of nitrogens with zero attached hydrogens (tertiary/aromatic N) is 5. The highest BCUT2D eigenvalue weighted by Gasteiger charge is 2.13. The molecule has 0 fully saturated rings. The van der Waals surface area contributed by atoms with Crippen molar-refractivity contribution >= 4 is 27.9 Å². The molecule has 5 aromatic rings. The van der Waals surface area contributed by atoms with Gasteiger partial charge in [0.2, 0.25) is 0 Å². The van der Waals surface area contributed by atoms with Crippen LogP contribution in [0.15, 0.2) is 73.3 Å². The van der Waals surface area contributed by atoms with Crippen molar-refractivity contribution in [1.82, 2.24) is 24.4 Å². The second-order valence-electron chi connectivity index (χ2n) is 7.51. The van der Waals surface area contributed by atoms with Crippen LogP contribution in [-0.2, 0) is 6.54 Å². The van der Waals surface area contributed by atoms with Crippen LogP contribution in [0.4, 0.5) is 11.5 Å². The van der Waals surface area contributed by atoms with Gasteiger partial charge in [0.15, 0.2) is 5.82 Å². The van der Waals surface area contributed by atoms with Gasteiger partial charge in [0, 0.05) is 17.3 Å². The summed E-state index contributed by atoms with van der Waals surface area (Å²) in [6.07, 6.45) is 5.47. The average Bonchev–Trinajstić information content (AvgIpc) is 3.34. The summed E-state index contributed by atoms with van der Waals surface area (Å²) in [5.41, 5.74) is 5.57. The number of nitrogens with one attached hydrogen (secondary N) is 1. The zero-order chi connectivity index (χ0) is 19.8. The Morgan fingerprint density at radius 1 is 1.00 bits per heavy atom. The summed E-state index contributed by atoms with van der Waals surface area (Å²) in [6.45, 7) is 5.12. The molecule has 0 saturated heterocycles. The SMILES string of the molecule is CC(C)c1ccn2ncnc(Nc3ccc4c(cnn4Cc4ccccc4)c3)c12. The molecule has 3 heterocycles. The Morgan fingerprint density at radius 2 is 1.86 bits per heavy atom. The summed E-state index contributed by atoms with van der Waals surface area (Å²) in [6, 6.07) is 18.8. The van der Waals surface area contributed by atoms with Crippen LogP contribution in [0.1, 0.15) is 30.9 Å². The van der Waals surface area contributed by atoms with E-state index in [9.17, 15) is 0 Å². The second-order valence-corrected chi connectivity index (χ2v) is 7.51. The van der Waals surface area contributed by atoms with Gasteiger partial charge in [-0.25, -0.2) is 9.50 Å². The van der Waals surface area contributed by atoms with Gasteiger partial charge in [0.05, 0.1) is 18.3 Å². The van der Waals surface area contributed by atoms with Crippen LogP contribution in [0.2, 0.25) is 0 Å². The first kappa shape index (κ1) is 17.4. The molecule has 0 aliphatic carbocycles. The molecule has 29 heavy (non-hydrogen) atoms. The van der Waals surface area contributed by atoms with Gasteiger partial charge in [-0.1, -0.05) is 44.2 Å². The maximum absolute atomic E-state index is 4.58. The van der Waals surface area contributed by atoms with Crippen molar-refractivity contribution < 1.29 is 0 Å². The van der Waals surface area contributed by atoms with E-state index in [2.05, 4.69) is 82.9 Å². The lowest BCUT2D eigenvalue weighted by Gasteiger charge is -2.11. The molecule has 0 aliphatic heterocycles. The number of anilines is 2. The Hall–Kier alpha value is -3.67. The van der Waals surface area contributed by atoms with Crippen molar-refractivity contribution in [2.24, 2.45) is 0 Å². The number of benzene rings is 2. The molecule has 3 aromatic heterocycles. The number of aromatic nitrogens is 5. The molecule has 6 nitrogen and oxygen atoms in total. The highest BCUT2D eigenvalue weighted by atomic mass is 15.3. The Morgan fingerprint density at radius 3 is 2.69 bits per heavy atom. The van der Waals surface area contributed by atoms with Crippen molar-refractivity contribution in [2.45, 2.75) is 26.3 Å². The number of hydrogen-bond acceptors (Lipinski definition) is 4. The minimum Gasteiger partial charge on any atom is -0.338 e. The molecular formula is C23H22N6. The first-order valence-electron chi connectivity index (χ1n) is 9.78. The molecule has 0 radical (unpaired) electrons. The summed E-state index contributed by atoms with van der Waals surface area (Å²) in [5.74, 6) is 1.20. The summed E-state index contributed by atoms with van der Waals surface area (Å²) < 4.78 is 3.91. The topological polar surface area (TPSA) is 60.0 Å². The lowest BCUT2D eigenvalue weighted by Crippen LogP contribution is -2.02. The molecule has 0 bridgehead atoms. The maximum Gasteiger partial charge on any atom is 0.158 e. The third-order valence-electron chi connectivity index (χ3n) is 5.19. The third kappa shape index (κ3) is 3.23. The summed E-state index contributed by atoms with van der Waals surface area (Å²) in [7, 11) is 0. The molecule has 0 aliphatic rings. The minimum atomic E-state index is 0.394. The van der Waals surface area contributed by atoms with Crippen LogP contribution in [0.25, 0.3) is 16.4 Å². The van der Waals surface area contributed by atoms with Crippen LogP contribution in [0.5, 0.6) is 0 Å². The fourth-order valence-electron chi connectivity index (χ4n) is 3.72. The number of rotatable bonds is 5. The molecule has 0 saturated carbocycles. The smallest absolute Gasteiger partial charge is 0.158 e. The van der Waals surface area contributed by atoms with E-state index in [1.807, 2.05) is 27.7 Å². The predicted molar refractivity (Wildman–Crippen MR) is 116 cm³/mol. The first-order valence-corrected chi connectivity index (χ1v) is 9.78. The van der Waals surface area contributed by atoms with Gasteiger partial charge >= 0.3 is 0 Å². The molecule has 0 atom stereocenters. The van der Waals surface area contributed by atoms with Gasteiger partial charge in [0.1, 0.15) is 11.8 Å². The van der Waals surface area contributed by atoms with E-state index in [4.69, 9.17) is 0 Å². The molecule has 2 aromatic carbocycles. The Bertz CT molecular complexity index is 1280. The highest BCUT2D eigenvalue weighted by molar-refractivity contribution is 5.85. The van der Waals surface area contributed by atoms with E-state index in [-0.39, 0.29) is 0 Å². The van der Waals surface area contributed by atoms with Crippen LogP contribution in [0.3, 0.4) is 0 Å². The lowest BCUT2D eigenvalue weighted by atomic mass is 10.1. The van der Waals surface area contributed by atoms with Crippen LogP contribution < -0.4 is 5.32 Å². The molecule has 1 N–H and O–H groups in total. The zero-order valence-electron chi connectivity index (χ0n) is 16.4. The van der Waals surface area contributed by atoms with Gasteiger partial charge in [-0.05, 0) is 41.3 Å². The van der Waals surface area contributed by atoms with Gasteiger partial charge in [-0.15, -0.1) is 0 Å². The molecule has 0 spiro atoms. The Labute approximate surface area is 168 Å². The standard InChI is InChI=1S/C23H22N6/c1-16(2)20-10-11-28-22(20)23(24-15-26-28)27-19-8-9-21-18(12-19)13-25-29(21)14-17-6-4-3-5-7-17/h3-13,15-16H,14H2,1-2H3,(H,24,26,27). The lowest BCUT2D eigenvalue weighted by molar-refractivity contribution is 0.712. The fraction of sp³-hybridized carbons (Fsp3) is 0.174. The Kier molecular flexibility index (Phi) is 4.24. The highest BCUT2D eigenvalue weighted by Crippen LogP contribution is 2.29. The van der Waals surface area contributed by atoms with Crippen LogP contribution in [-0.4, -0.2) is 24.4 Å². The van der Waals surface area contributed by atoms with Crippen LogP contribution >= 0.6 is 0 Å². The molecule has 0 unspecified atom stereocenters. The maximum atomic E-state index is 4.58. The first-order chi connectivity index (χ1) is 14.2. The summed E-state index contributed by atoms with van der Waals surface area (Å²) in [5, 5.41) is 13.5. The average molecular weight is 382 g/mol. The zero-order valence-corrected chi connectivity index (χ0v) is 16.4. The summed E-state index contributed by atoms with van der Waals surface area (Å²) in [4.78, 5) is 4.49. The van der Waals surface area contributed by atoms with Crippen molar-refractivity contribution in [2.75, 3.05) is 5.32 Å². The molecule has 144 valence electrons. The van der Waals surface area contributed by atoms with Crippen molar-refractivity contribution in [3.05, 3.63) is 84.4 Å². The van der Waals surface area contributed by atoms with Crippen LogP contribution in [0, 0.1) is 0 Å². The number of fused-ring (bicyclic) bond motifs is 2. The van der Waals surface area contributed by atoms with E-state index in [0.29, 0.717) is 5.92 Å². The minimum absolute atomic E-state index is 0.394. The van der Waals surface area contributed by atoms with E-state index < -0.39 is 0 Å². The van der Waals surface area contributed by atoms with Gasteiger partial charge in [0.25, 0.3) is 0 Å². The van der Waals surface area contributed by atoms with Gasteiger partial charge in [-0.2, -0.15) is 10.2 Å². The van der Waals surface area contributed by atoms with Gasteiger partial charge in [-0.3, -0.25) is 4.68 Å².